The number of nitro benzene ring substituents is 1. The lowest BCUT2D eigenvalue weighted by molar-refractivity contribution is -0.385. The Morgan fingerprint density at radius 1 is 1.30 bits per heavy atom. The van der Waals surface area contributed by atoms with Gasteiger partial charge in [-0.2, -0.15) is 8.42 Å². The van der Waals surface area contributed by atoms with Crippen LogP contribution in [0.2, 0.25) is 0 Å². The maximum absolute atomic E-state index is 12.4. The molecule has 1 heterocycles. The number of hydrogen-bond donors (Lipinski definition) is 0. The maximum atomic E-state index is 12.4. The summed E-state index contributed by atoms with van der Waals surface area (Å²) in [5.74, 6) is 0.00594. The molecule has 1 aliphatic rings. The molecule has 0 N–H and O–H groups in total. The molecule has 158 valence electrons. The second kappa shape index (κ2) is 8.25. The molecule has 1 atom stereocenters. The molecular formula is C20H19NO8S. The van der Waals surface area contributed by atoms with Crippen LogP contribution in [0.25, 0.3) is 6.08 Å². The minimum atomic E-state index is -4.03. The zero-order chi connectivity index (χ0) is 22.1. The molecule has 0 spiro atoms. The fraction of sp³-hybridized carbons (Fsp3) is 0.250. The largest absolute Gasteiger partial charge is 0.485 e. The number of hydrogen-bond acceptors (Lipinski definition) is 8. The van der Waals surface area contributed by atoms with Crippen LogP contribution in [0.3, 0.4) is 0 Å². The van der Waals surface area contributed by atoms with Gasteiger partial charge in [0.25, 0.3) is 15.8 Å². The molecule has 10 heteroatoms. The quantitative estimate of drug-likeness (QED) is 0.294. The fourth-order valence-corrected chi connectivity index (χ4v) is 3.95. The second-order valence-corrected chi connectivity index (χ2v) is 8.29. The number of nitro groups is 1. The van der Waals surface area contributed by atoms with Gasteiger partial charge in [0.2, 0.25) is 0 Å². The maximum Gasteiger partial charge on any atom is 0.297 e. The Bertz CT molecular complexity index is 1150. The molecular weight excluding hydrogens is 414 g/mol. The summed E-state index contributed by atoms with van der Waals surface area (Å²) >= 11 is 0. The number of ketones is 1. The summed E-state index contributed by atoms with van der Waals surface area (Å²) in [6.07, 6.45) is 1.60. The third kappa shape index (κ3) is 4.19. The van der Waals surface area contributed by atoms with E-state index in [1.54, 1.807) is 19.1 Å². The summed E-state index contributed by atoms with van der Waals surface area (Å²) in [7, 11) is -2.97. The van der Waals surface area contributed by atoms with E-state index in [4.69, 9.17) is 9.47 Å². The summed E-state index contributed by atoms with van der Waals surface area (Å²) in [5.41, 5.74) is 0.867. The molecule has 0 saturated heterocycles. The number of nitrogens with zero attached hydrogens (tertiary/aromatic N) is 1. The van der Waals surface area contributed by atoms with Gasteiger partial charge in [-0.05, 0) is 38.1 Å². The fourth-order valence-electron chi connectivity index (χ4n) is 3.06. The number of benzene rings is 2. The Kier molecular flexibility index (Phi) is 5.90. The molecule has 9 nitrogen and oxygen atoms in total. The van der Waals surface area contributed by atoms with Gasteiger partial charge in [-0.25, -0.2) is 0 Å². The van der Waals surface area contributed by atoms with Crippen molar-refractivity contribution in [3.8, 4) is 11.5 Å². The van der Waals surface area contributed by atoms with Crippen LogP contribution in [0.15, 0.2) is 41.3 Å². The lowest BCUT2D eigenvalue weighted by Gasteiger charge is -2.29. The lowest BCUT2D eigenvalue weighted by atomic mass is 10.0. The standard InChI is InChI=1S/C20H19NO8S/c1-12-4-9-19(30(25,26)27-3)15(10-12)18-11-28-17-8-7-16(21(23)24)14(20(17)29-18)6-5-13(2)22/h4-10,18H,11H2,1-3H3/t18-/m0/s1. The molecule has 2 aromatic carbocycles. The lowest BCUT2D eigenvalue weighted by Crippen LogP contribution is -2.24. The number of rotatable bonds is 6. The topological polar surface area (TPSA) is 122 Å². The minimum Gasteiger partial charge on any atom is -0.485 e. The summed E-state index contributed by atoms with van der Waals surface area (Å²) in [4.78, 5) is 22.2. The van der Waals surface area contributed by atoms with Gasteiger partial charge in [0, 0.05) is 11.6 Å². The molecule has 3 rings (SSSR count). The Morgan fingerprint density at radius 2 is 2.03 bits per heavy atom. The monoisotopic (exact) mass is 433 g/mol. The van der Waals surface area contributed by atoms with E-state index in [9.17, 15) is 23.3 Å². The summed E-state index contributed by atoms with van der Waals surface area (Å²) in [5, 5.41) is 11.5. The number of ether oxygens (including phenoxy) is 2. The predicted molar refractivity (Wildman–Crippen MR) is 107 cm³/mol. The van der Waals surface area contributed by atoms with Gasteiger partial charge < -0.3 is 9.47 Å². The molecule has 0 aliphatic carbocycles. The van der Waals surface area contributed by atoms with Crippen molar-refractivity contribution in [1.29, 1.82) is 0 Å². The highest BCUT2D eigenvalue weighted by Gasteiger charge is 2.32. The Morgan fingerprint density at radius 3 is 2.67 bits per heavy atom. The van der Waals surface area contributed by atoms with Gasteiger partial charge in [-0.3, -0.25) is 19.1 Å². The normalized spacial score (nSPS) is 15.9. The van der Waals surface area contributed by atoms with Crippen LogP contribution in [0.1, 0.15) is 29.7 Å². The number of carbonyl (C=O) groups excluding carboxylic acids is 1. The average Bonchev–Trinajstić information content (AvgIpc) is 2.70. The van der Waals surface area contributed by atoms with E-state index in [1.807, 2.05) is 0 Å². The second-order valence-electron chi connectivity index (χ2n) is 6.61. The average molecular weight is 433 g/mol. The van der Waals surface area contributed by atoms with Crippen LogP contribution in [0, 0.1) is 17.0 Å². The van der Waals surface area contributed by atoms with Gasteiger partial charge in [-0.1, -0.05) is 17.7 Å². The third-order valence-corrected chi connectivity index (χ3v) is 5.82. The molecule has 0 fully saturated rings. The van der Waals surface area contributed by atoms with Crippen LogP contribution in [0.4, 0.5) is 5.69 Å². The van der Waals surface area contributed by atoms with Crippen LogP contribution in [-0.4, -0.2) is 32.8 Å². The summed E-state index contributed by atoms with van der Waals surface area (Å²) in [6, 6.07) is 7.33. The van der Waals surface area contributed by atoms with Crippen molar-refractivity contribution in [3.63, 3.8) is 0 Å². The Labute approximate surface area is 173 Å². The highest BCUT2D eigenvalue weighted by molar-refractivity contribution is 7.86. The molecule has 2 aromatic rings. The highest BCUT2D eigenvalue weighted by Crippen LogP contribution is 2.44. The van der Waals surface area contributed by atoms with E-state index in [0.29, 0.717) is 5.56 Å². The molecule has 30 heavy (non-hydrogen) atoms. The number of allylic oxidation sites excluding steroid dienone is 1. The minimum absolute atomic E-state index is 0.0175. The van der Waals surface area contributed by atoms with Gasteiger partial charge in [0.1, 0.15) is 11.5 Å². The van der Waals surface area contributed by atoms with Gasteiger partial charge >= 0.3 is 0 Å². The van der Waals surface area contributed by atoms with Crippen molar-refractivity contribution < 1.29 is 31.8 Å². The van der Waals surface area contributed by atoms with Crippen LogP contribution < -0.4 is 9.47 Å². The van der Waals surface area contributed by atoms with E-state index in [1.165, 1.54) is 37.3 Å². The molecule has 0 aromatic heterocycles. The molecule has 0 radical (unpaired) electrons. The third-order valence-electron chi connectivity index (χ3n) is 4.47. The first kappa shape index (κ1) is 21.5. The number of aryl methyl sites for hydroxylation is 1. The molecule has 1 aliphatic heterocycles. The Balaban J connectivity index is 2.14. The van der Waals surface area contributed by atoms with E-state index in [2.05, 4.69) is 4.18 Å². The number of fused-ring (bicyclic) bond motifs is 1. The van der Waals surface area contributed by atoms with E-state index >= 15 is 0 Å². The van der Waals surface area contributed by atoms with Crippen molar-refractivity contribution in [1.82, 2.24) is 0 Å². The van der Waals surface area contributed by atoms with Gasteiger partial charge in [-0.15, -0.1) is 0 Å². The van der Waals surface area contributed by atoms with Crippen LogP contribution >= 0.6 is 0 Å². The SMILES string of the molecule is COS(=O)(=O)c1ccc(C)cc1[C@@H]1COc2ccc([N+](=O)[O-])c(C=CC(C)=O)c2O1. The first-order valence-electron chi connectivity index (χ1n) is 8.84. The van der Waals surface area contributed by atoms with Crippen LogP contribution in [0.5, 0.6) is 11.5 Å². The van der Waals surface area contributed by atoms with Crippen molar-refractivity contribution in [2.24, 2.45) is 0 Å². The van der Waals surface area contributed by atoms with E-state index in [-0.39, 0.29) is 40.0 Å². The predicted octanol–water partition coefficient (Wildman–Crippen LogP) is 3.35. The smallest absolute Gasteiger partial charge is 0.297 e. The zero-order valence-electron chi connectivity index (χ0n) is 16.4. The first-order valence-corrected chi connectivity index (χ1v) is 10.3. The van der Waals surface area contributed by atoms with Crippen molar-refractivity contribution in [2.75, 3.05) is 13.7 Å². The van der Waals surface area contributed by atoms with Gasteiger partial charge in [0.15, 0.2) is 23.4 Å². The number of carbonyl (C=O) groups is 1. The van der Waals surface area contributed by atoms with E-state index in [0.717, 1.165) is 12.7 Å². The van der Waals surface area contributed by atoms with Gasteiger partial charge in [0.05, 0.1) is 17.6 Å². The molecule has 0 saturated carbocycles. The molecule has 0 unspecified atom stereocenters. The highest BCUT2D eigenvalue weighted by atomic mass is 32.2. The molecule has 0 amide bonds. The first-order chi connectivity index (χ1) is 14.1. The van der Waals surface area contributed by atoms with Crippen molar-refractivity contribution >= 4 is 27.7 Å². The Hall–Kier alpha value is -3.24. The van der Waals surface area contributed by atoms with Crippen LogP contribution in [-0.2, 0) is 19.1 Å². The van der Waals surface area contributed by atoms with Crippen molar-refractivity contribution in [3.05, 3.63) is 63.2 Å². The zero-order valence-corrected chi connectivity index (χ0v) is 17.3. The summed E-state index contributed by atoms with van der Waals surface area (Å²) in [6.45, 7) is 3.08. The summed E-state index contributed by atoms with van der Waals surface area (Å²) < 4.78 is 41.1. The molecule has 0 bridgehead atoms. The van der Waals surface area contributed by atoms with E-state index < -0.39 is 21.1 Å². The van der Waals surface area contributed by atoms with Crippen molar-refractivity contribution in [2.45, 2.75) is 24.8 Å².